The van der Waals surface area contributed by atoms with Crippen LogP contribution in [0.15, 0.2) is 24.3 Å². The van der Waals surface area contributed by atoms with Crippen LogP contribution in [0, 0.1) is 5.92 Å². The van der Waals surface area contributed by atoms with Crippen molar-refractivity contribution in [2.75, 3.05) is 6.54 Å². The molecule has 1 unspecified atom stereocenters. The summed E-state index contributed by atoms with van der Waals surface area (Å²) in [5, 5.41) is 0.629. The Kier molecular flexibility index (Phi) is 5.28. The van der Waals surface area contributed by atoms with Crippen LogP contribution in [0.2, 0.25) is 5.02 Å². The van der Waals surface area contributed by atoms with Crippen LogP contribution in [0.5, 0.6) is 0 Å². The molecule has 0 saturated carbocycles. The second-order valence-corrected chi connectivity index (χ2v) is 4.43. The van der Waals surface area contributed by atoms with Gasteiger partial charge in [-0.25, -0.2) is 0 Å². The van der Waals surface area contributed by atoms with Gasteiger partial charge in [0.1, 0.15) is 0 Å². The molecule has 0 aliphatic heterocycles. The smallest absolute Gasteiger partial charge is 0.330 e. The van der Waals surface area contributed by atoms with E-state index in [1.807, 2.05) is 12.1 Å². The Morgan fingerprint density at radius 2 is 1.76 bits per heavy atom. The number of aryl methyl sites for hydroxylation is 1. The number of rotatable bonds is 5. The van der Waals surface area contributed by atoms with Crippen LogP contribution in [-0.2, 0) is 6.42 Å². The first kappa shape index (κ1) is 14.3. The summed E-state index contributed by atoms with van der Waals surface area (Å²) in [6.45, 7) is -0.343. The van der Waals surface area contributed by atoms with E-state index in [9.17, 15) is 13.2 Å². The van der Waals surface area contributed by atoms with Gasteiger partial charge in [0.05, 0.1) is 5.92 Å². The van der Waals surface area contributed by atoms with Crippen molar-refractivity contribution >= 4 is 11.6 Å². The zero-order valence-electron chi connectivity index (χ0n) is 9.30. The van der Waals surface area contributed by atoms with Gasteiger partial charge in [-0.1, -0.05) is 23.7 Å². The van der Waals surface area contributed by atoms with Crippen LogP contribution < -0.4 is 5.73 Å². The second-order valence-electron chi connectivity index (χ2n) is 3.99. The number of benzene rings is 1. The molecule has 0 aliphatic rings. The average molecular weight is 266 g/mol. The molecule has 17 heavy (non-hydrogen) atoms. The van der Waals surface area contributed by atoms with Gasteiger partial charge in [0.15, 0.2) is 0 Å². The fourth-order valence-electron chi connectivity index (χ4n) is 1.62. The maximum atomic E-state index is 12.4. The Morgan fingerprint density at radius 3 is 2.24 bits per heavy atom. The maximum absolute atomic E-state index is 12.4. The van der Waals surface area contributed by atoms with Crippen LogP contribution in [-0.4, -0.2) is 12.7 Å². The third-order valence-electron chi connectivity index (χ3n) is 2.68. The standard InChI is InChI=1S/C12H15ClF3N/c13-11-6-4-9(5-7-11)2-1-3-10(8-17)12(14,15)16/h4-7,10H,1-3,8,17H2. The van der Waals surface area contributed by atoms with Crippen LogP contribution in [0.3, 0.4) is 0 Å². The second kappa shape index (κ2) is 6.26. The lowest BCUT2D eigenvalue weighted by atomic mass is 9.99. The molecule has 5 heteroatoms. The fourth-order valence-corrected chi connectivity index (χ4v) is 1.74. The van der Waals surface area contributed by atoms with Crippen LogP contribution in [0.25, 0.3) is 0 Å². The van der Waals surface area contributed by atoms with Crippen molar-refractivity contribution in [1.82, 2.24) is 0 Å². The average Bonchev–Trinajstić information content (AvgIpc) is 2.25. The van der Waals surface area contributed by atoms with Gasteiger partial charge < -0.3 is 5.73 Å². The van der Waals surface area contributed by atoms with Crippen molar-refractivity contribution in [3.8, 4) is 0 Å². The molecule has 96 valence electrons. The van der Waals surface area contributed by atoms with Crippen molar-refractivity contribution < 1.29 is 13.2 Å². The summed E-state index contributed by atoms with van der Waals surface area (Å²) in [6.07, 6.45) is -3.02. The number of hydrogen-bond acceptors (Lipinski definition) is 1. The van der Waals surface area contributed by atoms with Crippen molar-refractivity contribution in [1.29, 1.82) is 0 Å². The van der Waals surface area contributed by atoms with E-state index < -0.39 is 12.1 Å². The summed E-state index contributed by atoms with van der Waals surface area (Å²) in [4.78, 5) is 0. The van der Waals surface area contributed by atoms with Gasteiger partial charge in [0.25, 0.3) is 0 Å². The first-order valence-electron chi connectivity index (χ1n) is 5.44. The minimum absolute atomic E-state index is 0.0721. The molecule has 0 aliphatic carbocycles. The minimum atomic E-state index is -4.19. The van der Waals surface area contributed by atoms with Crippen molar-refractivity contribution in [2.24, 2.45) is 11.7 Å². The first-order valence-corrected chi connectivity index (χ1v) is 5.82. The van der Waals surface area contributed by atoms with Gasteiger partial charge in [-0.15, -0.1) is 0 Å². The lowest BCUT2D eigenvalue weighted by molar-refractivity contribution is -0.173. The van der Waals surface area contributed by atoms with E-state index in [2.05, 4.69) is 0 Å². The maximum Gasteiger partial charge on any atom is 0.393 e. The molecule has 1 aromatic carbocycles. The third-order valence-corrected chi connectivity index (χ3v) is 2.93. The fraction of sp³-hybridized carbons (Fsp3) is 0.500. The molecule has 0 aromatic heterocycles. The molecule has 1 atom stereocenters. The molecule has 2 N–H and O–H groups in total. The highest BCUT2D eigenvalue weighted by Gasteiger charge is 2.37. The predicted molar refractivity (Wildman–Crippen MR) is 63.0 cm³/mol. The number of halogens is 4. The largest absolute Gasteiger partial charge is 0.393 e. The summed E-state index contributed by atoms with van der Waals surface area (Å²) in [6, 6.07) is 7.13. The number of nitrogens with two attached hydrogens (primary N) is 1. The molecule has 0 heterocycles. The highest BCUT2D eigenvalue weighted by molar-refractivity contribution is 6.30. The molecule has 0 fully saturated rings. The molecule has 0 saturated heterocycles. The van der Waals surface area contributed by atoms with Crippen molar-refractivity contribution in [3.05, 3.63) is 34.9 Å². The Balaban J connectivity index is 2.39. The summed E-state index contributed by atoms with van der Waals surface area (Å²) in [5.74, 6) is -1.39. The highest BCUT2D eigenvalue weighted by atomic mass is 35.5. The topological polar surface area (TPSA) is 26.0 Å². The van der Waals surface area contributed by atoms with E-state index in [4.69, 9.17) is 17.3 Å². The molecule has 1 nitrogen and oxygen atoms in total. The Labute approximate surface area is 104 Å². The third kappa shape index (κ3) is 4.96. The highest BCUT2D eigenvalue weighted by Crippen LogP contribution is 2.29. The van der Waals surface area contributed by atoms with E-state index in [0.717, 1.165) is 5.56 Å². The molecule has 0 radical (unpaired) electrons. The van der Waals surface area contributed by atoms with E-state index in [1.54, 1.807) is 12.1 Å². The van der Waals surface area contributed by atoms with Crippen LogP contribution >= 0.6 is 11.6 Å². The van der Waals surface area contributed by atoms with Gasteiger partial charge in [0, 0.05) is 11.6 Å². The molecule has 0 spiro atoms. The molecular formula is C12H15ClF3N. The van der Waals surface area contributed by atoms with Crippen molar-refractivity contribution in [2.45, 2.75) is 25.4 Å². The number of alkyl halides is 3. The monoisotopic (exact) mass is 265 g/mol. The first-order chi connectivity index (χ1) is 7.93. The van der Waals surface area contributed by atoms with Gasteiger partial charge in [-0.2, -0.15) is 13.2 Å². The molecule has 1 aromatic rings. The van der Waals surface area contributed by atoms with E-state index in [-0.39, 0.29) is 13.0 Å². The van der Waals surface area contributed by atoms with Crippen molar-refractivity contribution in [3.63, 3.8) is 0 Å². The molecule has 0 bridgehead atoms. The van der Waals surface area contributed by atoms with Gasteiger partial charge in [-0.3, -0.25) is 0 Å². The lowest BCUT2D eigenvalue weighted by Crippen LogP contribution is -2.30. The Hall–Kier alpha value is -0.740. The van der Waals surface area contributed by atoms with E-state index in [1.165, 1.54) is 0 Å². The van der Waals surface area contributed by atoms with Gasteiger partial charge in [0.2, 0.25) is 0 Å². The minimum Gasteiger partial charge on any atom is -0.330 e. The molecule has 0 amide bonds. The summed E-state index contributed by atoms with van der Waals surface area (Å²) in [7, 11) is 0. The molecular weight excluding hydrogens is 251 g/mol. The summed E-state index contributed by atoms with van der Waals surface area (Å²) < 4.78 is 37.2. The van der Waals surface area contributed by atoms with E-state index >= 15 is 0 Å². The van der Waals surface area contributed by atoms with Crippen LogP contribution in [0.4, 0.5) is 13.2 Å². The Morgan fingerprint density at radius 1 is 1.18 bits per heavy atom. The van der Waals surface area contributed by atoms with Gasteiger partial charge >= 0.3 is 6.18 Å². The quantitative estimate of drug-likeness (QED) is 0.861. The summed E-state index contributed by atoms with van der Waals surface area (Å²) >= 11 is 5.71. The SMILES string of the molecule is NCC(CCCc1ccc(Cl)cc1)C(F)(F)F. The van der Waals surface area contributed by atoms with Gasteiger partial charge in [-0.05, 0) is 37.0 Å². The normalized spacial score (nSPS) is 13.7. The number of hydrogen-bond donors (Lipinski definition) is 1. The molecule has 1 rings (SSSR count). The van der Waals surface area contributed by atoms with Crippen LogP contribution in [0.1, 0.15) is 18.4 Å². The summed E-state index contributed by atoms with van der Waals surface area (Å²) in [5.41, 5.74) is 6.11. The zero-order chi connectivity index (χ0) is 12.9. The van der Waals surface area contributed by atoms with E-state index in [0.29, 0.717) is 17.9 Å². The lowest BCUT2D eigenvalue weighted by Gasteiger charge is -2.18. The Bertz CT molecular complexity index is 335. The predicted octanol–water partition coefficient (Wildman–Crippen LogP) is 3.80. The zero-order valence-corrected chi connectivity index (χ0v) is 10.1.